The predicted molar refractivity (Wildman–Crippen MR) is 82.7 cm³/mol. The molecule has 0 aliphatic rings. The van der Waals surface area contributed by atoms with Gasteiger partial charge in [0.15, 0.2) is 0 Å². The summed E-state index contributed by atoms with van der Waals surface area (Å²) < 4.78 is 27.4. The van der Waals surface area contributed by atoms with E-state index in [1.165, 1.54) is 19.3 Å². The molecule has 0 aromatic carbocycles. The molecule has 1 aromatic rings. The monoisotopic (exact) mass is 315 g/mol. The summed E-state index contributed by atoms with van der Waals surface area (Å²) >= 11 is 0. The van der Waals surface area contributed by atoms with Crippen molar-refractivity contribution in [2.75, 3.05) is 14.1 Å². The first-order valence-corrected chi connectivity index (χ1v) is 8.45. The fourth-order valence-corrected chi connectivity index (χ4v) is 3.03. The first-order chi connectivity index (χ1) is 9.60. The molecule has 1 unspecified atom stereocenters. The maximum Gasteiger partial charge on any atom is 0.270 e. The minimum Gasteiger partial charge on any atom is -0.345 e. The third kappa shape index (κ3) is 4.07. The summed E-state index contributed by atoms with van der Waals surface area (Å²) in [5, 5.41) is 0. The van der Waals surface area contributed by atoms with Gasteiger partial charge in [-0.15, -0.1) is 0 Å². The molecular formula is C14H25N3O3S. The van der Waals surface area contributed by atoms with E-state index in [1.54, 1.807) is 23.6 Å². The zero-order valence-electron chi connectivity index (χ0n) is 13.5. The van der Waals surface area contributed by atoms with Gasteiger partial charge >= 0.3 is 0 Å². The fourth-order valence-electron chi connectivity index (χ4n) is 2.23. The van der Waals surface area contributed by atoms with Crippen LogP contribution in [0, 0.1) is 5.92 Å². The van der Waals surface area contributed by atoms with E-state index >= 15 is 0 Å². The van der Waals surface area contributed by atoms with Gasteiger partial charge in [0.1, 0.15) is 10.6 Å². The molecule has 1 atom stereocenters. The quantitative estimate of drug-likeness (QED) is 0.863. The summed E-state index contributed by atoms with van der Waals surface area (Å²) in [7, 11) is 1.22. The summed E-state index contributed by atoms with van der Waals surface area (Å²) in [4.78, 5) is 14.3. The molecule has 120 valence electrons. The average molecular weight is 315 g/mol. The van der Waals surface area contributed by atoms with E-state index in [2.05, 4.69) is 18.6 Å². The number of nitrogens with zero attached hydrogens (tertiary/aromatic N) is 2. The molecule has 7 heteroatoms. The smallest absolute Gasteiger partial charge is 0.270 e. The van der Waals surface area contributed by atoms with E-state index in [1.807, 2.05) is 6.92 Å². The Morgan fingerprint density at radius 1 is 1.38 bits per heavy atom. The fraction of sp³-hybridized carbons (Fsp3) is 0.643. The van der Waals surface area contributed by atoms with Crippen molar-refractivity contribution in [2.24, 2.45) is 13.0 Å². The van der Waals surface area contributed by atoms with Crippen LogP contribution in [0.4, 0.5) is 0 Å². The van der Waals surface area contributed by atoms with Gasteiger partial charge in [-0.3, -0.25) is 4.79 Å². The van der Waals surface area contributed by atoms with E-state index in [9.17, 15) is 13.2 Å². The number of rotatable bonds is 6. The van der Waals surface area contributed by atoms with E-state index in [0.29, 0.717) is 11.6 Å². The van der Waals surface area contributed by atoms with Crippen molar-refractivity contribution in [2.45, 2.75) is 38.1 Å². The van der Waals surface area contributed by atoms with Crippen molar-refractivity contribution in [3.63, 3.8) is 0 Å². The molecule has 0 saturated carbocycles. The van der Waals surface area contributed by atoms with Gasteiger partial charge in [-0.05, 0) is 32.4 Å². The molecule has 21 heavy (non-hydrogen) atoms. The van der Waals surface area contributed by atoms with Crippen LogP contribution in [0.5, 0.6) is 0 Å². The molecule has 0 radical (unpaired) electrons. The number of hydrogen-bond donors (Lipinski definition) is 1. The molecule has 0 fully saturated rings. The first kappa shape index (κ1) is 17.7. The Hall–Kier alpha value is -1.34. The number of amides is 1. The van der Waals surface area contributed by atoms with Crippen LogP contribution in [0.3, 0.4) is 0 Å². The van der Waals surface area contributed by atoms with Gasteiger partial charge in [-0.25, -0.2) is 13.1 Å². The number of nitrogens with one attached hydrogen (secondary N) is 1. The van der Waals surface area contributed by atoms with E-state index < -0.39 is 10.0 Å². The minimum atomic E-state index is -3.54. The molecule has 1 amide bonds. The van der Waals surface area contributed by atoms with Crippen LogP contribution in [0.15, 0.2) is 17.2 Å². The van der Waals surface area contributed by atoms with Crippen LogP contribution < -0.4 is 4.72 Å². The Balaban J connectivity index is 3.04. The van der Waals surface area contributed by atoms with Gasteiger partial charge in [0.2, 0.25) is 10.0 Å². The molecule has 1 N–H and O–H groups in total. The molecule has 1 aromatic heterocycles. The normalized spacial score (nSPS) is 13.5. The number of hydrogen-bond acceptors (Lipinski definition) is 3. The van der Waals surface area contributed by atoms with Gasteiger partial charge in [-0.1, -0.05) is 13.8 Å². The van der Waals surface area contributed by atoms with Crippen LogP contribution >= 0.6 is 0 Å². The van der Waals surface area contributed by atoms with Crippen molar-refractivity contribution in [1.29, 1.82) is 0 Å². The summed E-state index contributed by atoms with van der Waals surface area (Å²) in [6, 6.07) is 1.50. The maximum atomic E-state index is 12.5. The van der Waals surface area contributed by atoms with Crippen molar-refractivity contribution in [1.82, 2.24) is 14.2 Å². The first-order valence-electron chi connectivity index (χ1n) is 6.97. The average Bonchev–Trinajstić information content (AvgIpc) is 2.79. The van der Waals surface area contributed by atoms with Gasteiger partial charge in [0, 0.05) is 26.3 Å². The number of carbonyl (C=O) groups is 1. The zero-order chi connectivity index (χ0) is 16.4. The highest BCUT2D eigenvalue weighted by atomic mass is 32.2. The summed E-state index contributed by atoms with van der Waals surface area (Å²) in [5.74, 6) is 0.312. The summed E-state index contributed by atoms with van der Waals surface area (Å²) in [5.41, 5.74) is 0.363. The molecule has 0 spiro atoms. The van der Waals surface area contributed by atoms with Crippen LogP contribution in [0.2, 0.25) is 0 Å². The molecule has 0 aliphatic heterocycles. The van der Waals surface area contributed by atoms with Crippen molar-refractivity contribution >= 4 is 15.9 Å². The van der Waals surface area contributed by atoms with E-state index in [0.717, 1.165) is 6.42 Å². The maximum absolute atomic E-state index is 12.5. The Kier molecular flexibility index (Phi) is 5.58. The van der Waals surface area contributed by atoms with Gasteiger partial charge in [0.25, 0.3) is 5.91 Å². The van der Waals surface area contributed by atoms with Crippen molar-refractivity contribution < 1.29 is 13.2 Å². The molecule has 0 aliphatic carbocycles. The molecule has 1 heterocycles. The van der Waals surface area contributed by atoms with Gasteiger partial charge in [-0.2, -0.15) is 0 Å². The van der Waals surface area contributed by atoms with Crippen LogP contribution in [0.1, 0.15) is 37.7 Å². The Bertz CT molecular complexity index is 605. The standard InChI is InChI=1S/C14H25N3O3S/c1-10(2)7-11(3)17(6)14(18)13-8-12(9-16(13)5)21(19,20)15-4/h8-11,15H,7H2,1-6H3. The lowest BCUT2D eigenvalue weighted by molar-refractivity contribution is 0.0718. The predicted octanol–water partition coefficient (Wildman–Crippen LogP) is 1.44. The SMILES string of the molecule is CNS(=O)(=O)c1cc(C(=O)N(C)C(C)CC(C)C)n(C)c1. The second-order valence-electron chi connectivity index (χ2n) is 5.77. The number of sulfonamides is 1. The second kappa shape index (κ2) is 6.62. The van der Waals surface area contributed by atoms with Crippen molar-refractivity contribution in [3.05, 3.63) is 18.0 Å². The van der Waals surface area contributed by atoms with Crippen LogP contribution in [-0.2, 0) is 17.1 Å². The van der Waals surface area contributed by atoms with E-state index in [4.69, 9.17) is 0 Å². The van der Waals surface area contributed by atoms with Crippen molar-refractivity contribution in [3.8, 4) is 0 Å². The third-order valence-corrected chi connectivity index (χ3v) is 4.95. The highest BCUT2D eigenvalue weighted by Gasteiger charge is 2.23. The lowest BCUT2D eigenvalue weighted by Crippen LogP contribution is -2.36. The topological polar surface area (TPSA) is 71.4 Å². The molecular weight excluding hydrogens is 290 g/mol. The highest BCUT2D eigenvalue weighted by molar-refractivity contribution is 7.89. The largest absolute Gasteiger partial charge is 0.345 e. The Morgan fingerprint density at radius 3 is 2.43 bits per heavy atom. The molecule has 0 bridgehead atoms. The third-order valence-electron chi connectivity index (χ3n) is 3.57. The summed E-state index contributed by atoms with van der Waals surface area (Å²) in [6.07, 6.45) is 2.34. The molecule has 1 rings (SSSR count). The Morgan fingerprint density at radius 2 is 1.95 bits per heavy atom. The zero-order valence-corrected chi connectivity index (χ0v) is 14.4. The minimum absolute atomic E-state index is 0.0942. The molecule has 0 saturated heterocycles. The van der Waals surface area contributed by atoms with Crippen LogP contribution in [0.25, 0.3) is 0 Å². The number of aromatic nitrogens is 1. The second-order valence-corrected chi connectivity index (χ2v) is 7.66. The van der Waals surface area contributed by atoms with Gasteiger partial charge in [0.05, 0.1) is 0 Å². The number of carbonyl (C=O) groups excluding carboxylic acids is 1. The van der Waals surface area contributed by atoms with Gasteiger partial charge < -0.3 is 9.47 Å². The molecule has 6 nitrogen and oxygen atoms in total. The summed E-state index contributed by atoms with van der Waals surface area (Å²) in [6.45, 7) is 6.20. The lowest BCUT2D eigenvalue weighted by Gasteiger charge is -2.26. The van der Waals surface area contributed by atoms with Crippen LogP contribution in [-0.4, -0.2) is 43.9 Å². The highest BCUT2D eigenvalue weighted by Crippen LogP contribution is 2.17. The lowest BCUT2D eigenvalue weighted by atomic mass is 10.0. The van der Waals surface area contributed by atoms with E-state index in [-0.39, 0.29) is 16.8 Å². The Labute approximate surface area is 127 Å². The number of aryl methyl sites for hydroxylation is 1.